The molecule has 2 aliphatic rings. The van der Waals surface area contributed by atoms with Gasteiger partial charge in [-0.1, -0.05) is 24.3 Å². The molecule has 1 atom stereocenters. The number of hydrogen-bond acceptors (Lipinski definition) is 3. The van der Waals surface area contributed by atoms with Crippen LogP contribution in [-0.2, 0) is 16.0 Å². The minimum atomic E-state index is -0.818. The Hall–Kier alpha value is -1.88. The van der Waals surface area contributed by atoms with E-state index < -0.39 is 11.9 Å². The number of benzene rings is 1. The van der Waals surface area contributed by atoms with Gasteiger partial charge in [-0.2, -0.15) is 0 Å². The van der Waals surface area contributed by atoms with Crippen molar-refractivity contribution in [1.29, 1.82) is 0 Å². The molecule has 5 nitrogen and oxygen atoms in total. The van der Waals surface area contributed by atoms with Crippen LogP contribution in [0.5, 0.6) is 0 Å². The number of likely N-dealkylation sites (tertiary alicyclic amines) is 1. The standard InChI is InChI=1S/C14H16N2O3/c17-13(16-7-10(8-16)14(18)19)12-11-4-2-1-3-9(11)5-6-15-12/h1-4,10,12,15H,5-8H2,(H,18,19). The maximum absolute atomic E-state index is 12.4. The van der Waals surface area contributed by atoms with Crippen LogP contribution >= 0.6 is 0 Å². The van der Waals surface area contributed by atoms with Crippen molar-refractivity contribution in [3.8, 4) is 0 Å². The van der Waals surface area contributed by atoms with Gasteiger partial charge >= 0.3 is 5.97 Å². The summed E-state index contributed by atoms with van der Waals surface area (Å²) in [5.74, 6) is -1.23. The molecule has 1 saturated heterocycles. The van der Waals surface area contributed by atoms with Crippen LogP contribution in [0.1, 0.15) is 17.2 Å². The maximum Gasteiger partial charge on any atom is 0.310 e. The molecule has 0 saturated carbocycles. The van der Waals surface area contributed by atoms with E-state index in [1.165, 1.54) is 5.56 Å². The third-order valence-corrected chi connectivity index (χ3v) is 3.90. The highest BCUT2D eigenvalue weighted by molar-refractivity contribution is 5.86. The third-order valence-electron chi connectivity index (χ3n) is 3.90. The van der Waals surface area contributed by atoms with Gasteiger partial charge in [0.25, 0.3) is 0 Å². The van der Waals surface area contributed by atoms with Gasteiger partial charge in [-0.05, 0) is 17.5 Å². The van der Waals surface area contributed by atoms with E-state index in [9.17, 15) is 9.59 Å². The lowest BCUT2D eigenvalue weighted by molar-refractivity contribution is -0.153. The van der Waals surface area contributed by atoms with Gasteiger partial charge in [-0.15, -0.1) is 0 Å². The van der Waals surface area contributed by atoms with E-state index in [0.29, 0.717) is 13.1 Å². The minimum absolute atomic E-state index is 0.00958. The molecule has 0 radical (unpaired) electrons. The molecular formula is C14H16N2O3. The largest absolute Gasteiger partial charge is 0.481 e. The number of amides is 1. The third kappa shape index (κ3) is 2.10. The summed E-state index contributed by atoms with van der Waals surface area (Å²) in [6, 6.07) is 7.61. The van der Waals surface area contributed by atoms with E-state index in [2.05, 4.69) is 5.32 Å². The zero-order chi connectivity index (χ0) is 13.4. The predicted octanol–water partition coefficient (Wildman–Crippen LogP) is 0.416. The molecule has 5 heteroatoms. The van der Waals surface area contributed by atoms with Gasteiger partial charge in [0.05, 0.1) is 5.92 Å². The Labute approximate surface area is 111 Å². The molecule has 1 aromatic rings. The number of nitrogens with one attached hydrogen (secondary N) is 1. The summed E-state index contributed by atoms with van der Waals surface area (Å²) in [6.07, 6.45) is 0.928. The number of carbonyl (C=O) groups is 2. The van der Waals surface area contributed by atoms with Crippen LogP contribution in [0, 0.1) is 5.92 Å². The number of carboxylic acids is 1. The van der Waals surface area contributed by atoms with Crippen LogP contribution in [0.3, 0.4) is 0 Å². The fourth-order valence-corrected chi connectivity index (χ4v) is 2.72. The molecule has 1 unspecified atom stereocenters. The van der Waals surface area contributed by atoms with Crippen molar-refractivity contribution >= 4 is 11.9 Å². The Morgan fingerprint density at radius 1 is 1.26 bits per heavy atom. The Balaban J connectivity index is 1.74. The number of hydrogen-bond donors (Lipinski definition) is 2. The summed E-state index contributed by atoms with van der Waals surface area (Å²) < 4.78 is 0. The number of nitrogens with zero attached hydrogens (tertiary/aromatic N) is 1. The van der Waals surface area contributed by atoms with Crippen LogP contribution < -0.4 is 5.32 Å². The Kier molecular flexibility index (Phi) is 2.98. The average Bonchev–Trinajstić information content (AvgIpc) is 2.35. The van der Waals surface area contributed by atoms with Crippen molar-refractivity contribution in [2.75, 3.05) is 19.6 Å². The molecule has 100 valence electrons. The molecule has 19 heavy (non-hydrogen) atoms. The minimum Gasteiger partial charge on any atom is -0.481 e. The number of carboxylic acid groups (broad SMARTS) is 1. The lowest BCUT2D eigenvalue weighted by Gasteiger charge is -2.40. The topological polar surface area (TPSA) is 69.6 Å². The summed E-state index contributed by atoms with van der Waals surface area (Å²) in [5.41, 5.74) is 2.23. The van der Waals surface area contributed by atoms with Gasteiger partial charge in [-0.3, -0.25) is 9.59 Å². The molecule has 1 aromatic carbocycles. The molecule has 0 bridgehead atoms. The lowest BCUT2D eigenvalue weighted by atomic mass is 9.91. The van der Waals surface area contributed by atoms with Crippen LogP contribution in [0.15, 0.2) is 24.3 Å². The first kappa shape index (κ1) is 12.2. The predicted molar refractivity (Wildman–Crippen MR) is 68.6 cm³/mol. The number of fused-ring (bicyclic) bond motifs is 1. The van der Waals surface area contributed by atoms with Gasteiger partial charge in [0.15, 0.2) is 0 Å². The molecule has 2 N–H and O–H groups in total. The SMILES string of the molecule is O=C(O)C1CN(C(=O)C2NCCc3ccccc32)C1. The smallest absolute Gasteiger partial charge is 0.310 e. The lowest BCUT2D eigenvalue weighted by Crippen LogP contribution is -2.56. The highest BCUT2D eigenvalue weighted by Gasteiger charge is 2.39. The quantitative estimate of drug-likeness (QED) is 0.808. The van der Waals surface area contributed by atoms with Crippen molar-refractivity contribution in [2.24, 2.45) is 5.92 Å². The maximum atomic E-state index is 12.4. The van der Waals surface area contributed by atoms with E-state index in [1.807, 2.05) is 24.3 Å². The van der Waals surface area contributed by atoms with Gasteiger partial charge < -0.3 is 15.3 Å². The van der Waals surface area contributed by atoms with Crippen LogP contribution in [0.4, 0.5) is 0 Å². The van der Waals surface area contributed by atoms with Gasteiger partial charge in [0.2, 0.25) is 5.91 Å². The molecule has 1 fully saturated rings. The molecule has 2 heterocycles. The molecule has 0 aliphatic carbocycles. The summed E-state index contributed by atoms with van der Waals surface area (Å²) in [7, 11) is 0. The number of aliphatic carboxylic acids is 1. The van der Waals surface area contributed by atoms with Crippen molar-refractivity contribution in [3.63, 3.8) is 0 Å². The van der Waals surface area contributed by atoms with Crippen LogP contribution in [0.2, 0.25) is 0 Å². The van der Waals surface area contributed by atoms with Crippen molar-refractivity contribution < 1.29 is 14.7 Å². The van der Waals surface area contributed by atoms with E-state index in [-0.39, 0.29) is 11.9 Å². The second kappa shape index (κ2) is 4.66. The monoisotopic (exact) mass is 260 g/mol. The Bertz CT molecular complexity index is 523. The van der Waals surface area contributed by atoms with E-state index in [0.717, 1.165) is 18.5 Å². The first-order valence-electron chi connectivity index (χ1n) is 6.49. The second-order valence-corrected chi connectivity index (χ2v) is 5.11. The summed E-state index contributed by atoms with van der Waals surface area (Å²) in [6.45, 7) is 1.44. The zero-order valence-electron chi connectivity index (χ0n) is 10.5. The van der Waals surface area contributed by atoms with E-state index in [4.69, 9.17) is 5.11 Å². The molecule has 0 aromatic heterocycles. The second-order valence-electron chi connectivity index (χ2n) is 5.11. The highest BCUT2D eigenvalue weighted by atomic mass is 16.4. The van der Waals surface area contributed by atoms with Gasteiger partial charge in [-0.25, -0.2) is 0 Å². The summed E-state index contributed by atoms with van der Waals surface area (Å²) >= 11 is 0. The number of carbonyl (C=O) groups excluding carboxylic acids is 1. The molecule has 2 aliphatic heterocycles. The fraction of sp³-hybridized carbons (Fsp3) is 0.429. The first-order valence-corrected chi connectivity index (χ1v) is 6.49. The van der Waals surface area contributed by atoms with Crippen molar-refractivity contribution in [3.05, 3.63) is 35.4 Å². The summed E-state index contributed by atoms with van der Waals surface area (Å²) in [5, 5.41) is 12.1. The Morgan fingerprint density at radius 2 is 2.00 bits per heavy atom. The number of rotatable bonds is 2. The summed E-state index contributed by atoms with van der Waals surface area (Å²) in [4.78, 5) is 24.8. The molecule has 3 rings (SSSR count). The Morgan fingerprint density at radius 3 is 2.74 bits per heavy atom. The van der Waals surface area contributed by atoms with E-state index >= 15 is 0 Å². The van der Waals surface area contributed by atoms with Crippen LogP contribution in [0.25, 0.3) is 0 Å². The molecular weight excluding hydrogens is 244 g/mol. The van der Waals surface area contributed by atoms with Gasteiger partial charge in [0.1, 0.15) is 6.04 Å². The average molecular weight is 260 g/mol. The fourth-order valence-electron chi connectivity index (χ4n) is 2.72. The molecule has 0 spiro atoms. The highest BCUT2D eigenvalue weighted by Crippen LogP contribution is 2.27. The van der Waals surface area contributed by atoms with Crippen molar-refractivity contribution in [1.82, 2.24) is 10.2 Å². The van der Waals surface area contributed by atoms with E-state index in [1.54, 1.807) is 4.90 Å². The zero-order valence-corrected chi connectivity index (χ0v) is 10.5. The first-order chi connectivity index (χ1) is 9.16. The van der Waals surface area contributed by atoms with Crippen LogP contribution in [-0.4, -0.2) is 41.5 Å². The van der Waals surface area contributed by atoms with Gasteiger partial charge in [0, 0.05) is 19.6 Å². The molecule has 1 amide bonds. The normalized spacial score (nSPS) is 22.5. The van der Waals surface area contributed by atoms with Crippen molar-refractivity contribution in [2.45, 2.75) is 12.5 Å².